The van der Waals surface area contributed by atoms with Crippen LogP contribution in [0.3, 0.4) is 0 Å². The summed E-state index contributed by atoms with van der Waals surface area (Å²) < 4.78 is 16.9. The summed E-state index contributed by atoms with van der Waals surface area (Å²) in [5.41, 5.74) is 2.52. The van der Waals surface area contributed by atoms with Crippen LogP contribution in [0.4, 0.5) is 0 Å². The van der Waals surface area contributed by atoms with Crippen molar-refractivity contribution in [3.63, 3.8) is 0 Å². The van der Waals surface area contributed by atoms with Crippen LogP contribution in [0.5, 0.6) is 11.5 Å². The summed E-state index contributed by atoms with van der Waals surface area (Å²) in [6.45, 7) is 4.16. The van der Waals surface area contributed by atoms with Crippen LogP contribution in [-0.4, -0.2) is 33.4 Å². The summed E-state index contributed by atoms with van der Waals surface area (Å²) >= 11 is 0. The fourth-order valence-electron chi connectivity index (χ4n) is 3.10. The molecule has 110 valence electrons. The molecule has 0 spiro atoms. The van der Waals surface area contributed by atoms with Gasteiger partial charge in [0.25, 0.3) is 0 Å². The van der Waals surface area contributed by atoms with Crippen molar-refractivity contribution in [2.24, 2.45) is 5.92 Å². The molecule has 4 nitrogen and oxygen atoms in total. The third kappa shape index (κ3) is 2.91. The molecule has 3 rings (SSSR count). The predicted octanol–water partition coefficient (Wildman–Crippen LogP) is 2.15. The molecule has 2 aliphatic rings. The summed E-state index contributed by atoms with van der Waals surface area (Å²) in [5.74, 6) is 2.56. The summed E-state index contributed by atoms with van der Waals surface area (Å²) in [5, 5.41) is 3.42. The third-order valence-corrected chi connectivity index (χ3v) is 4.16. The Morgan fingerprint density at radius 1 is 1.20 bits per heavy atom. The van der Waals surface area contributed by atoms with Gasteiger partial charge in [-0.15, -0.1) is 0 Å². The van der Waals surface area contributed by atoms with Crippen LogP contribution in [0, 0.1) is 5.92 Å². The molecule has 0 bridgehead atoms. The highest BCUT2D eigenvalue weighted by molar-refractivity contribution is 5.51. The largest absolute Gasteiger partial charge is 0.486 e. The van der Waals surface area contributed by atoms with Gasteiger partial charge in [-0.2, -0.15) is 0 Å². The molecular formula is C16H23NO3. The Balaban J connectivity index is 1.88. The highest BCUT2D eigenvalue weighted by atomic mass is 16.6. The molecule has 0 aromatic heterocycles. The van der Waals surface area contributed by atoms with E-state index in [1.54, 1.807) is 7.11 Å². The number of fused-ring (bicyclic) bond motifs is 1. The summed E-state index contributed by atoms with van der Waals surface area (Å²) in [7, 11) is 1.74. The first-order valence-corrected chi connectivity index (χ1v) is 7.48. The fraction of sp³-hybridized carbons (Fsp3) is 0.625. The Morgan fingerprint density at radius 3 is 2.80 bits per heavy atom. The molecule has 1 aromatic carbocycles. The van der Waals surface area contributed by atoms with Crippen LogP contribution in [0.15, 0.2) is 12.1 Å². The first-order chi connectivity index (χ1) is 9.88. The lowest BCUT2D eigenvalue weighted by atomic mass is 9.88. The molecule has 0 radical (unpaired) electrons. The standard InChI is InChI=1S/C16H23NO3/c1-18-11-13-2-3-15-16(20-9-8-19-15)14(13)10-12-4-6-17-7-5-12/h2-3,12,17H,4-11H2,1H3. The smallest absolute Gasteiger partial charge is 0.164 e. The van der Waals surface area contributed by atoms with Gasteiger partial charge in [0, 0.05) is 12.7 Å². The van der Waals surface area contributed by atoms with Gasteiger partial charge in [0.1, 0.15) is 13.2 Å². The molecule has 2 heterocycles. The molecule has 0 amide bonds. The van der Waals surface area contributed by atoms with Crippen LogP contribution in [0.2, 0.25) is 0 Å². The second-order valence-corrected chi connectivity index (χ2v) is 5.56. The van der Waals surface area contributed by atoms with Gasteiger partial charge in [-0.3, -0.25) is 0 Å². The zero-order valence-electron chi connectivity index (χ0n) is 12.1. The molecule has 0 unspecified atom stereocenters. The van der Waals surface area contributed by atoms with Crippen LogP contribution in [0.1, 0.15) is 24.0 Å². The first kappa shape index (κ1) is 13.7. The Bertz CT molecular complexity index is 455. The minimum Gasteiger partial charge on any atom is -0.486 e. The van der Waals surface area contributed by atoms with Crippen molar-refractivity contribution in [3.8, 4) is 11.5 Å². The lowest BCUT2D eigenvalue weighted by molar-refractivity contribution is 0.164. The van der Waals surface area contributed by atoms with Crippen molar-refractivity contribution in [1.82, 2.24) is 5.32 Å². The highest BCUT2D eigenvalue weighted by Crippen LogP contribution is 2.38. The Morgan fingerprint density at radius 2 is 2.00 bits per heavy atom. The molecular weight excluding hydrogens is 254 g/mol. The van der Waals surface area contributed by atoms with Crippen molar-refractivity contribution in [3.05, 3.63) is 23.3 Å². The summed E-state index contributed by atoms with van der Waals surface area (Å²) in [4.78, 5) is 0. The number of benzene rings is 1. The van der Waals surface area contributed by atoms with Crippen molar-refractivity contribution in [1.29, 1.82) is 0 Å². The van der Waals surface area contributed by atoms with Gasteiger partial charge < -0.3 is 19.5 Å². The first-order valence-electron chi connectivity index (χ1n) is 7.48. The van der Waals surface area contributed by atoms with E-state index in [0.717, 1.165) is 36.9 Å². The maximum atomic E-state index is 5.89. The van der Waals surface area contributed by atoms with Gasteiger partial charge in [-0.05, 0) is 49.9 Å². The number of methoxy groups -OCH3 is 1. The molecule has 1 N–H and O–H groups in total. The lowest BCUT2D eigenvalue weighted by Crippen LogP contribution is -2.29. The van der Waals surface area contributed by atoms with Crippen molar-refractivity contribution in [2.75, 3.05) is 33.4 Å². The molecule has 2 aliphatic heterocycles. The van der Waals surface area contributed by atoms with E-state index >= 15 is 0 Å². The molecule has 0 atom stereocenters. The van der Waals surface area contributed by atoms with Gasteiger partial charge in [0.05, 0.1) is 6.61 Å². The second kappa shape index (κ2) is 6.46. The number of nitrogens with one attached hydrogen (secondary N) is 1. The van der Waals surface area contributed by atoms with E-state index in [1.807, 2.05) is 6.07 Å². The van der Waals surface area contributed by atoms with Crippen LogP contribution in [-0.2, 0) is 17.8 Å². The summed E-state index contributed by atoms with van der Waals surface area (Å²) in [6.07, 6.45) is 3.53. The number of hydrogen-bond acceptors (Lipinski definition) is 4. The monoisotopic (exact) mass is 277 g/mol. The van der Waals surface area contributed by atoms with Crippen LogP contribution in [0.25, 0.3) is 0 Å². The van der Waals surface area contributed by atoms with E-state index in [1.165, 1.54) is 24.0 Å². The molecule has 0 aliphatic carbocycles. The summed E-state index contributed by atoms with van der Waals surface area (Å²) in [6, 6.07) is 4.13. The van der Waals surface area contributed by atoms with E-state index in [-0.39, 0.29) is 0 Å². The van der Waals surface area contributed by atoms with Gasteiger partial charge in [0.2, 0.25) is 0 Å². The Kier molecular flexibility index (Phi) is 4.43. The van der Waals surface area contributed by atoms with E-state index in [0.29, 0.717) is 19.8 Å². The van der Waals surface area contributed by atoms with Gasteiger partial charge in [-0.25, -0.2) is 0 Å². The number of rotatable bonds is 4. The second-order valence-electron chi connectivity index (χ2n) is 5.56. The molecule has 0 saturated carbocycles. The van der Waals surface area contributed by atoms with E-state index in [9.17, 15) is 0 Å². The number of piperidine rings is 1. The maximum absolute atomic E-state index is 5.89. The zero-order chi connectivity index (χ0) is 13.8. The number of hydrogen-bond donors (Lipinski definition) is 1. The molecule has 1 aromatic rings. The minimum absolute atomic E-state index is 0.636. The highest BCUT2D eigenvalue weighted by Gasteiger charge is 2.23. The molecule has 1 saturated heterocycles. The zero-order valence-corrected chi connectivity index (χ0v) is 12.1. The van der Waals surface area contributed by atoms with Gasteiger partial charge >= 0.3 is 0 Å². The average molecular weight is 277 g/mol. The molecule has 20 heavy (non-hydrogen) atoms. The van der Waals surface area contributed by atoms with Crippen molar-refractivity contribution < 1.29 is 14.2 Å². The molecule has 1 fully saturated rings. The van der Waals surface area contributed by atoms with E-state index < -0.39 is 0 Å². The Labute approximate surface area is 120 Å². The van der Waals surface area contributed by atoms with E-state index in [4.69, 9.17) is 14.2 Å². The topological polar surface area (TPSA) is 39.7 Å². The molecule has 4 heteroatoms. The van der Waals surface area contributed by atoms with Crippen LogP contribution < -0.4 is 14.8 Å². The maximum Gasteiger partial charge on any atom is 0.164 e. The minimum atomic E-state index is 0.636. The van der Waals surface area contributed by atoms with E-state index in [2.05, 4.69) is 11.4 Å². The quantitative estimate of drug-likeness (QED) is 0.915. The van der Waals surface area contributed by atoms with Gasteiger partial charge in [0.15, 0.2) is 11.5 Å². The van der Waals surface area contributed by atoms with Gasteiger partial charge in [-0.1, -0.05) is 6.07 Å². The normalized spacial score (nSPS) is 19.1. The van der Waals surface area contributed by atoms with Crippen LogP contribution >= 0.6 is 0 Å². The van der Waals surface area contributed by atoms with Crippen molar-refractivity contribution in [2.45, 2.75) is 25.9 Å². The SMILES string of the molecule is COCc1ccc2c(c1CC1CCNCC1)OCCO2. The average Bonchev–Trinajstić information content (AvgIpc) is 2.51. The predicted molar refractivity (Wildman–Crippen MR) is 77.4 cm³/mol. The fourth-order valence-corrected chi connectivity index (χ4v) is 3.10. The third-order valence-electron chi connectivity index (χ3n) is 4.16. The number of ether oxygens (including phenoxy) is 3. The lowest BCUT2D eigenvalue weighted by Gasteiger charge is -2.27. The van der Waals surface area contributed by atoms with Crippen molar-refractivity contribution >= 4 is 0 Å². The Hall–Kier alpha value is -1.26.